The number of rotatable bonds is 6. The molecule has 0 spiro atoms. The van der Waals surface area contributed by atoms with E-state index in [2.05, 4.69) is 12.1 Å². The lowest BCUT2D eigenvalue weighted by Gasteiger charge is -2.22. The lowest BCUT2D eigenvalue weighted by atomic mass is 10.1. The molecule has 0 aromatic heterocycles. The summed E-state index contributed by atoms with van der Waals surface area (Å²) in [6, 6.07) is 16.0. The largest absolute Gasteiger partial charge is 0.372 e. The van der Waals surface area contributed by atoms with Crippen LogP contribution in [0.2, 0.25) is 0 Å². The van der Waals surface area contributed by atoms with Gasteiger partial charge in [0.25, 0.3) is 5.91 Å². The molecule has 0 saturated carbocycles. The number of fused-ring (bicyclic) bond motifs is 1. The molecule has 2 N–H and O–H groups in total. The Morgan fingerprint density at radius 3 is 2.61 bits per heavy atom. The summed E-state index contributed by atoms with van der Waals surface area (Å²) in [5.74, 6) is 0.0427. The summed E-state index contributed by atoms with van der Waals surface area (Å²) in [5.41, 5.74) is 9.93. The minimum absolute atomic E-state index is 0.0427. The normalized spacial score (nSPS) is 12.9. The summed E-state index contributed by atoms with van der Waals surface area (Å²) < 4.78 is 5.42. The van der Waals surface area contributed by atoms with Crippen molar-refractivity contribution in [3.8, 4) is 0 Å². The summed E-state index contributed by atoms with van der Waals surface area (Å²) in [5, 5.41) is 0. The molecule has 1 heterocycles. The quantitative estimate of drug-likeness (QED) is 0.891. The molecule has 2 aromatic carbocycles. The van der Waals surface area contributed by atoms with Crippen LogP contribution in [0.3, 0.4) is 0 Å². The molecule has 0 atom stereocenters. The fourth-order valence-electron chi connectivity index (χ4n) is 2.87. The van der Waals surface area contributed by atoms with Crippen LogP contribution in [0.4, 0.5) is 0 Å². The van der Waals surface area contributed by atoms with Crippen LogP contribution in [0, 0.1) is 0 Å². The standard InChI is InChI=1S/C19H22N2O2/c20-9-11-21(10-8-15-4-2-1-3-5-15)19(22)16-6-7-17-13-23-14-18(17)12-16/h1-7,12H,8-11,13-14,20H2. The first kappa shape index (κ1) is 15.7. The van der Waals surface area contributed by atoms with E-state index in [1.165, 1.54) is 11.1 Å². The van der Waals surface area contributed by atoms with Crippen LogP contribution in [0.5, 0.6) is 0 Å². The Morgan fingerprint density at radius 2 is 1.83 bits per heavy atom. The van der Waals surface area contributed by atoms with Crippen molar-refractivity contribution in [2.24, 2.45) is 5.73 Å². The van der Waals surface area contributed by atoms with Crippen LogP contribution in [0.25, 0.3) is 0 Å². The molecule has 0 radical (unpaired) electrons. The fraction of sp³-hybridized carbons (Fsp3) is 0.316. The average molecular weight is 310 g/mol. The smallest absolute Gasteiger partial charge is 0.253 e. The van der Waals surface area contributed by atoms with E-state index < -0.39 is 0 Å². The Morgan fingerprint density at radius 1 is 1.04 bits per heavy atom. The van der Waals surface area contributed by atoms with Gasteiger partial charge in [-0.3, -0.25) is 4.79 Å². The molecule has 3 rings (SSSR count). The molecule has 0 aliphatic carbocycles. The molecule has 1 aliphatic heterocycles. The summed E-state index contributed by atoms with van der Waals surface area (Å²) in [6.07, 6.45) is 0.834. The van der Waals surface area contributed by atoms with Crippen molar-refractivity contribution in [1.29, 1.82) is 0 Å². The lowest BCUT2D eigenvalue weighted by Crippen LogP contribution is -2.37. The van der Waals surface area contributed by atoms with Crippen molar-refractivity contribution in [3.63, 3.8) is 0 Å². The van der Waals surface area contributed by atoms with E-state index in [-0.39, 0.29) is 5.91 Å². The molecule has 0 saturated heterocycles. The first-order chi connectivity index (χ1) is 11.3. The molecule has 1 aliphatic rings. The maximum absolute atomic E-state index is 12.8. The van der Waals surface area contributed by atoms with Gasteiger partial charge in [-0.15, -0.1) is 0 Å². The highest BCUT2D eigenvalue weighted by molar-refractivity contribution is 5.94. The van der Waals surface area contributed by atoms with Gasteiger partial charge in [-0.1, -0.05) is 36.4 Å². The van der Waals surface area contributed by atoms with Gasteiger partial charge < -0.3 is 15.4 Å². The number of carbonyl (C=O) groups excluding carboxylic acids is 1. The van der Waals surface area contributed by atoms with Crippen LogP contribution in [0.15, 0.2) is 48.5 Å². The highest BCUT2D eigenvalue weighted by Gasteiger charge is 2.18. The van der Waals surface area contributed by atoms with E-state index >= 15 is 0 Å². The Balaban J connectivity index is 1.71. The van der Waals surface area contributed by atoms with Gasteiger partial charge in [0.2, 0.25) is 0 Å². The third-order valence-corrected chi connectivity index (χ3v) is 4.17. The second-order valence-corrected chi connectivity index (χ2v) is 5.79. The predicted molar refractivity (Wildman–Crippen MR) is 90.0 cm³/mol. The maximum Gasteiger partial charge on any atom is 0.253 e. The van der Waals surface area contributed by atoms with Crippen LogP contribution >= 0.6 is 0 Å². The monoisotopic (exact) mass is 310 g/mol. The van der Waals surface area contributed by atoms with Gasteiger partial charge >= 0.3 is 0 Å². The second-order valence-electron chi connectivity index (χ2n) is 5.79. The molecule has 120 valence electrons. The Hall–Kier alpha value is -2.17. The van der Waals surface area contributed by atoms with Crippen molar-refractivity contribution in [2.45, 2.75) is 19.6 Å². The summed E-state index contributed by atoms with van der Waals surface area (Å²) >= 11 is 0. The van der Waals surface area contributed by atoms with E-state index in [0.717, 1.165) is 17.5 Å². The van der Waals surface area contributed by atoms with Crippen molar-refractivity contribution >= 4 is 5.91 Å². The Bertz CT molecular complexity index is 670. The SMILES string of the molecule is NCCN(CCc1ccccc1)C(=O)c1ccc2c(c1)COC2. The van der Waals surface area contributed by atoms with Gasteiger partial charge in [-0.25, -0.2) is 0 Å². The van der Waals surface area contributed by atoms with Crippen molar-refractivity contribution in [3.05, 3.63) is 70.8 Å². The number of carbonyl (C=O) groups is 1. The number of hydrogen-bond acceptors (Lipinski definition) is 3. The number of ether oxygens (including phenoxy) is 1. The highest BCUT2D eigenvalue weighted by Crippen LogP contribution is 2.21. The third-order valence-electron chi connectivity index (χ3n) is 4.17. The van der Waals surface area contributed by atoms with Gasteiger partial charge in [0.1, 0.15) is 0 Å². The van der Waals surface area contributed by atoms with Crippen LogP contribution < -0.4 is 5.73 Å². The van der Waals surface area contributed by atoms with Gasteiger partial charge in [0, 0.05) is 25.2 Å². The zero-order valence-electron chi connectivity index (χ0n) is 13.2. The van der Waals surface area contributed by atoms with E-state index in [1.54, 1.807) is 0 Å². The summed E-state index contributed by atoms with van der Waals surface area (Å²) in [6.45, 7) is 2.95. The minimum Gasteiger partial charge on any atom is -0.372 e. The van der Waals surface area contributed by atoms with Crippen LogP contribution in [-0.2, 0) is 24.4 Å². The number of nitrogens with zero attached hydrogens (tertiary/aromatic N) is 1. The van der Waals surface area contributed by atoms with Gasteiger partial charge in [-0.2, -0.15) is 0 Å². The topological polar surface area (TPSA) is 55.6 Å². The van der Waals surface area contributed by atoms with Crippen molar-refractivity contribution < 1.29 is 9.53 Å². The van der Waals surface area contributed by atoms with Gasteiger partial charge in [0.05, 0.1) is 13.2 Å². The number of amides is 1. The van der Waals surface area contributed by atoms with Gasteiger partial charge in [0.15, 0.2) is 0 Å². The molecular formula is C19H22N2O2. The molecule has 0 unspecified atom stereocenters. The summed E-state index contributed by atoms with van der Waals surface area (Å²) in [7, 11) is 0. The Kier molecular flexibility index (Phi) is 5.05. The van der Waals surface area contributed by atoms with Crippen LogP contribution in [0.1, 0.15) is 27.0 Å². The number of nitrogens with two attached hydrogens (primary N) is 1. The zero-order valence-corrected chi connectivity index (χ0v) is 13.2. The molecule has 4 nitrogen and oxygen atoms in total. The molecular weight excluding hydrogens is 288 g/mol. The van der Waals surface area contributed by atoms with E-state index in [4.69, 9.17) is 10.5 Å². The zero-order chi connectivity index (χ0) is 16.1. The summed E-state index contributed by atoms with van der Waals surface area (Å²) in [4.78, 5) is 14.6. The van der Waals surface area contributed by atoms with E-state index in [1.807, 2.05) is 41.3 Å². The van der Waals surface area contributed by atoms with E-state index in [9.17, 15) is 4.79 Å². The molecule has 1 amide bonds. The van der Waals surface area contributed by atoms with Crippen molar-refractivity contribution in [2.75, 3.05) is 19.6 Å². The minimum atomic E-state index is 0.0427. The van der Waals surface area contributed by atoms with Crippen molar-refractivity contribution in [1.82, 2.24) is 4.90 Å². The first-order valence-electron chi connectivity index (χ1n) is 8.01. The molecule has 23 heavy (non-hydrogen) atoms. The molecule has 4 heteroatoms. The average Bonchev–Trinajstić information content (AvgIpc) is 3.06. The Labute approximate surface area is 136 Å². The number of hydrogen-bond donors (Lipinski definition) is 1. The van der Waals surface area contributed by atoms with E-state index in [0.29, 0.717) is 32.8 Å². The molecule has 2 aromatic rings. The third kappa shape index (κ3) is 3.78. The molecule has 0 fully saturated rings. The predicted octanol–water partition coefficient (Wildman–Crippen LogP) is 2.36. The molecule has 0 bridgehead atoms. The first-order valence-corrected chi connectivity index (χ1v) is 8.01. The second kappa shape index (κ2) is 7.40. The fourth-order valence-corrected chi connectivity index (χ4v) is 2.87. The highest BCUT2D eigenvalue weighted by atomic mass is 16.5. The lowest BCUT2D eigenvalue weighted by molar-refractivity contribution is 0.0762. The van der Waals surface area contributed by atoms with Crippen LogP contribution in [-0.4, -0.2) is 30.4 Å². The number of benzene rings is 2. The van der Waals surface area contributed by atoms with Gasteiger partial charge in [-0.05, 0) is 35.2 Å². The maximum atomic E-state index is 12.8.